The van der Waals surface area contributed by atoms with Gasteiger partial charge in [-0.15, -0.1) is 5.10 Å². The zero-order chi connectivity index (χ0) is 22.8. The molecule has 2 heterocycles. The van der Waals surface area contributed by atoms with Crippen LogP contribution < -0.4 is 10.1 Å². The normalized spacial score (nSPS) is 11.0. The molecule has 33 heavy (non-hydrogen) atoms. The molecule has 10 heteroatoms. The molecule has 0 saturated carbocycles. The van der Waals surface area contributed by atoms with Crippen LogP contribution in [0.4, 0.5) is 10.1 Å². The van der Waals surface area contributed by atoms with Crippen molar-refractivity contribution in [3.8, 4) is 17.1 Å². The van der Waals surface area contributed by atoms with Gasteiger partial charge >= 0.3 is 0 Å². The summed E-state index contributed by atoms with van der Waals surface area (Å²) in [5, 5.41) is 17.5. The first-order valence-corrected chi connectivity index (χ1v) is 10.2. The van der Waals surface area contributed by atoms with Gasteiger partial charge in [0, 0.05) is 22.2 Å². The second-order valence-electron chi connectivity index (χ2n) is 7.11. The van der Waals surface area contributed by atoms with Gasteiger partial charge in [0.1, 0.15) is 30.0 Å². The molecule has 2 aromatic heterocycles. The lowest BCUT2D eigenvalue weighted by atomic mass is 10.1. The minimum atomic E-state index is -0.401. The highest BCUT2D eigenvalue weighted by molar-refractivity contribution is 6.31. The van der Waals surface area contributed by atoms with Crippen LogP contribution in [-0.2, 0) is 6.61 Å². The number of halogens is 2. The number of nitrogens with zero attached hydrogens (tertiary/aromatic N) is 3. The summed E-state index contributed by atoms with van der Waals surface area (Å²) >= 11 is 6.02. The Labute approximate surface area is 191 Å². The number of ether oxygens (including phenoxy) is 1. The molecule has 0 fully saturated rings. The molecule has 0 atom stereocenters. The highest BCUT2D eigenvalue weighted by Gasteiger charge is 2.15. The third-order valence-corrected chi connectivity index (χ3v) is 5.31. The van der Waals surface area contributed by atoms with Crippen molar-refractivity contribution in [2.45, 2.75) is 6.61 Å². The fourth-order valence-corrected chi connectivity index (χ4v) is 3.49. The highest BCUT2D eigenvalue weighted by Crippen LogP contribution is 2.27. The molecule has 0 bridgehead atoms. The van der Waals surface area contributed by atoms with E-state index in [2.05, 4.69) is 25.9 Å². The number of aromatic amines is 1. The van der Waals surface area contributed by atoms with Crippen LogP contribution >= 0.6 is 11.6 Å². The standard InChI is InChI=1S/C23H15ClFN5O3/c24-20-10-15(25)3-1-14(20)11-32-17-6-4-16(5-7-17)26-23(31)19-12-33-21-9-13(2-8-18(19)21)22-27-29-30-28-22/h1-10,12H,11H2,(H,26,31)(H,27,28,29,30). The predicted molar refractivity (Wildman–Crippen MR) is 120 cm³/mol. The van der Waals surface area contributed by atoms with Crippen LogP contribution in [0.3, 0.4) is 0 Å². The number of hydrogen-bond acceptors (Lipinski definition) is 6. The van der Waals surface area contributed by atoms with E-state index in [-0.39, 0.29) is 12.5 Å². The molecule has 0 spiro atoms. The van der Waals surface area contributed by atoms with Crippen LogP contribution in [0.1, 0.15) is 15.9 Å². The monoisotopic (exact) mass is 463 g/mol. The summed E-state index contributed by atoms with van der Waals surface area (Å²) in [4.78, 5) is 12.8. The third kappa shape index (κ3) is 4.39. The summed E-state index contributed by atoms with van der Waals surface area (Å²) < 4.78 is 24.4. The first-order valence-electron chi connectivity index (χ1n) is 9.80. The Morgan fingerprint density at radius 2 is 1.97 bits per heavy atom. The summed E-state index contributed by atoms with van der Waals surface area (Å²) in [7, 11) is 0. The molecule has 1 amide bonds. The predicted octanol–water partition coefficient (Wildman–Crippen LogP) is 5.24. The summed E-state index contributed by atoms with van der Waals surface area (Å²) in [5.74, 6) is 0.372. The summed E-state index contributed by atoms with van der Waals surface area (Å²) in [5.41, 5.74) is 2.94. The van der Waals surface area contributed by atoms with E-state index in [0.29, 0.717) is 44.4 Å². The van der Waals surface area contributed by atoms with Gasteiger partial charge in [0.05, 0.1) is 10.6 Å². The van der Waals surface area contributed by atoms with E-state index in [1.165, 1.54) is 18.4 Å². The number of tetrazole rings is 1. The van der Waals surface area contributed by atoms with Gasteiger partial charge in [-0.2, -0.15) is 0 Å². The lowest BCUT2D eigenvalue weighted by molar-refractivity contribution is 0.102. The summed E-state index contributed by atoms with van der Waals surface area (Å²) in [6.07, 6.45) is 1.41. The number of hydrogen-bond donors (Lipinski definition) is 2. The number of carbonyl (C=O) groups excluding carboxylic acids is 1. The van der Waals surface area contributed by atoms with E-state index in [4.69, 9.17) is 20.8 Å². The Hall–Kier alpha value is -4.24. The van der Waals surface area contributed by atoms with Crippen molar-refractivity contribution in [1.29, 1.82) is 0 Å². The molecule has 0 aliphatic rings. The van der Waals surface area contributed by atoms with Crippen LogP contribution in [0.2, 0.25) is 5.02 Å². The maximum atomic E-state index is 13.1. The van der Waals surface area contributed by atoms with Crippen molar-refractivity contribution in [2.75, 3.05) is 5.32 Å². The number of carbonyl (C=O) groups is 1. The number of amides is 1. The molecule has 0 radical (unpaired) electrons. The van der Waals surface area contributed by atoms with Crippen LogP contribution in [0, 0.1) is 5.82 Å². The Balaban J connectivity index is 1.25. The number of nitrogens with one attached hydrogen (secondary N) is 2. The molecular weight excluding hydrogens is 449 g/mol. The van der Waals surface area contributed by atoms with Crippen molar-refractivity contribution >= 4 is 34.2 Å². The van der Waals surface area contributed by atoms with E-state index in [1.54, 1.807) is 48.5 Å². The highest BCUT2D eigenvalue weighted by atomic mass is 35.5. The topological polar surface area (TPSA) is 106 Å². The summed E-state index contributed by atoms with van der Waals surface area (Å²) in [6.45, 7) is 0.192. The van der Waals surface area contributed by atoms with Crippen molar-refractivity contribution in [2.24, 2.45) is 0 Å². The minimum Gasteiger partial charge on any atom is -0.489 e. The fraction of sp³-hybridized carbons (Fsp3) is 0.0435. The number of aromatic nitrogens is 4. The molecule has 2 N–H and O–H groups in total. The Bertz CT molecular complexity index is 1430. The molecule has 0 aliphatic carbocycles. The second-order valence-corrected chi connectivity index (χ2v) is 7.52. The van der Waals surface area contributed by atoms with Gasteiger partial charge in [-0.25, -0.2) is 9.49 Å². The maximum Gasteiger partial charge on any atom is 0.259 e. The van der Waals surface area contributed by atoms with E-state index in [0.717, 1.165) is 5.56 Å². The number of H-pyrrole nitrogens is 1. The van der Waals surface area contributed by atoms with Gasteiger partial charge in [-0.05, 0) is 59.0 Å². The lowest BCUT2D eigenvalue weighted by Crippen LogP contribution is -2.11. The van der Waals surface area contributed by atoms with Gasteiger partial charge in [0.25, 0.3) is 5.91 Å². The number of fused-ring (bicyclic) bond motifs is 1. The average molecular weight is 464 g/mol. The van der Waals surface area contributed by atoms with Crippen molar-refractivity contribution in [1.82, 2.24) is 20.6 Å². The van der Waals surface area contributed by atoms with Gasteiger partial charge < -0.3 is 14.5 Å². The van der Waals surface area contributed by atoms with Gasteiger partial charge in [0.2, 0.25) is 0 Å². The number of rotatable bonds is 6. The van der Waals surface area contributed by atoms with Crippen LogP contribution in [0.25, 0.3) is 22.4 Å². The molecule has 0 aliphatic heterocycles. The molecular formula is C23H15ClFN5O3. The minimum absolute atomic E-state index is 0.192. The second kappa shape index (κ2) is 8.71. The van der Waals surface area contributed by atoms with E-state index in [1.807, 2.05) is 0 Å². The van der Waals surface area contributed by atoms with Crippen LogP contribution in [0.15, 0.2) is 71.3 Å². The first kappa shape index (κ1) is 20.7. The molecule has 0 saturated heterocycles. The molecule has 8 nitrogen and oxygen atoms in total. The van der Waals surface area contributed by atoms with Crippen LogP contribution in [0.5, 0.6) is 5.75 Å². The summed E-state index contributed by atoms with van der Waals surface area (Å²) in [6, 6.07) is 16.4. The zero-order valence-electron chi connectivity index (χ0n) is 16.9. The Morgan fingerprint density at radius 3 is 2.73 bits per heavy atom. The van der Waals surface area contributed by atoms with Crippen molar-refractivity contribution < 1.29 is 18.3 Å². The molecule has 5 aromatic rings. The van der Waals surface area contributed by atoms with Crippen LogP contribution in [-0.4, -0.2) is 26.5 Å². The van der Waals surface area contributed by atoms with Gasteiger partial charge in [0.15, 0.2) is 5.82 Å². The molecule has 0 unspecified atom stereocenters. The lowest BCUT2D eigenvalue weighted by Gasteiger charge is -2.09. The van der Waals surface area contributed by atoms with Crippen molar-refractivity contribution in [3.05, 3.63) is 88.9 Å². The largest absolute Gasteiger partial charge is 0.489 e. The number of benzene rings is 3. The van der Waals surface area contributed by atoms with Crippen molar-refractivity contribution in [3.63, 3.8) is 0 Å². The van der Waals surface area contributed by atoms with E-state index < -0.39 is 5.82 Å². The molecule has 164 valence electrons. The number of anilines is 1. The Kier molecular flexibility index (Phi) is 5.45. The molecule has 3 aromatic carbocycles. The SMILES string of the molecule is O=C(Nc1ccc(OCc2ccc(F)cc2Cl)cc1)c1coc2cc(-c3nnn[nH]3)ccc12. The smallest absolute Gasteiger partial charge is 0.259 e. The number of furan rings is 1. The quantitative estimate of drug-likeness (QED) is 0.357. The van der Waals surface area contributed by atoms with E-state index in [9.17, 15) is 9.18 Å². The maximum absolute atomic E-state index is 13.1. The molecule has 5 rings (SSSR count). The fourth-order valence-electron chi connectivity index (χ4n) is 3.27. The van der Waals surface area contributed by atoms with Gasteiger partial charge in [-0.1, -0.05) is 23.7 Å². The van der Waals surface area contributed by atoms with Gasteiger partial charge in [-0.3, -0.25) is 4.79 Å². The average Bonchev–Trinajstić information content (AvgIpc) is 3.49. The third-order valence-electron chi connectivity index (χ3n) is 4.96. The zero-order valence-corrected chi connectivity index (χ0v) is 17.6. The van der Waals surface area contributed by atoms with E-state index >= 15 is 0 Å². The first-order chi connectivity index (χ1) is 16.1. The Morgan fingerprint density at radius 1 is 1.12 bits per heavy atom.